The Morgan fingerprint density at radius 1 is 1.62 bits per heavy atom. The van der Waals surface area contributed by atoms with Gasteiger partial charge in [-0.25, -0.2) is 4.98 Å². The number of imidazole rings is 1. The van der Waals surface area contributed by atoms with Crippen molar-refractivity contribution in [3.63, 3.8) is 0 Å². The van der Waals surface area contributed by atoms with Gasteiger partial charge in [-0.1, -0.05) is 26.7 Å². The van der Waals surface area contributed by atoms with E-state index in [0.29, 0.717) is 12.4 Å². The molecule has 0 aliphatic carbocycles. The molecule has 0 unspecified atom stereocenters. The summed E-state index contributed by atoms with van der Waals surface area (Å²) in [5.74, 6) is 3.20. The van der Waals surface area contributed by atoms with Crippen LogP contribution in [0.3, 0.4) is 0 Å². The highest BCUT2D eigenvalue weighted by atomic mass is 15.1. The molecule has 0 amide bonds. The highest BCUT2D eigenvalue weighted by Gasteiger charge is 2.20. The van der Waals surface area contributed by atoms with E-state index in [2.05, 4.69) is 31.7 Å². The molecule has 0 aromatic carbocycles. The molecule has 13 heavy (non-hydrogen) atoms. The zero-order valence-electron chi connectivity index (χ0n) is 8.33. The van der Waals surface area contributed by atoms with Gasteiger partial charge in [0.2, 0.25) is 0 Å². The first-order valence-corrected chi connectivity index (χ1v) is 4.21. The maximum Gasteiger partial charge on any atom is 0.127 e. The predicted octanol–water partition coefficient (Wildman–Crippen LogP) is 1.40. The molecule has 3 nitrogen and oxygen atoms in total. The van der Waals surface area contributed by atoms with E-state index in [1.165, 1.54) is 0 Å². The fraction of sp³-hybridized carbons (Fsp3) is 0.500. The lowest BCUT2D eigenvalue weighted by Crippen LogP contribution is -2.15. The van der Waals surface area contributed by atoms with Gasteiger partial charge in [0.25, 0.3) is 0 Å². The molecule has 1 aromatic heterocycles. The van der Waals surface area contributed by atoms with E-state index in [9.17, 15) is 0 Å². The van der Waals surface area contributed by atoms with E-state index in [1.807, 2.05) is 0 Å². The number of nitrogens with two attached hydrogens (primary N) is 1. The molecule has 2 N–H and O–H groups in total. The maximum atomic E-state index is 5.88. The molecule has 0 radical (unpaired) electrons. The Morgan fingerprint density at radius 3 is 2.62 bits per heavy atom. The van der Waals surface area contributed by atoms with E-state index in [0.717, 1.165) is 5.69 Å². The van der Waals surface area contributed by atoms with Crippen LogP contribution in [0.15, 0.2) is 6.33 Å². The average molecular weight is 177 g/mol. The van der Waals surface area contributed by atoms with Crippen LogP contribution in [0.2, 0.25) is 0 Å². The first-order valence-electron chi connectivity index (χ1n) is 4.21. The molecule has 0 atom stereocenters. The standard InChI is InChI=1S/C10H15N3/c1-5-6-13-7-12-8(9(13)11)10(2,3)4/h1,7H,6,11H2,2-4H3. The van der Waals surface area contributed by atoms with Crippen molar-refractivity contribution in [2.75, 3.05) is 5.73 Å². The minimum Gasteiger partial charge on any atom is -0.384 e. The van der Waals surface area contributed by atoms with Gasteiger partial charge in [0.1, 0.15) is 5.82 Å². The zero-order chi connectivity index (χ0) is 10.1. The van der Waals surface area contributed by atoms with E-state index in [4.69, 9.17) is 12.2 Å². The topological polar surface area (TPSA) is 43.8 Å². The van der Waals surface area contributed by atoms with Crippen molar-refractivity contribution in [3.05, 3.63) is 12.0 Å². The molecular formula is C10H15N3. The zero-order valence-corrected chi connectivity index (χ0v) is 8.33. The SMILES string of the molecule is C#CCn1cnc(C(C)(C)C)c1N. The summed E-state index contributed by atoms with van der Waals surface area (Å²) in [4.78, 5) is 4.25. The number of terminal acetylenes is 1. The third-order valence-corrected chi connectivity index (χ3v) is 1.85. The lowest BCUT2D eigenvalue weighted by molar-refractivity contribution is 0.574. The van der Waals surface area contributed by atoms with Crippen molar-refractivity contribution in [2.24, 2.45) is 0 Å². The van der Waals surface area contributed by atoms with Gasteiger partial charge in [0.15, 0.2) is 0 Å². The van der Waals surface area contributed by atoms with Crippen LogP contribution >= 0.6 is 0 Å². The predicted molar refractivity (Wildman–Crippen MR) is 54.2 cm³/mol. The van der Waals surface area contributed by atoms with Crippen LogP contribution in [0.5, 0.6) is 0 Å². The number of nitrogen functional groups attached to an aromatic ring is 1. The van der Waals surface area contributed by atoms with E-state index in [1.54, 1.807) is 10.9 Å². The Morgan fingerprint density at radius 2 is 2.23 bits per heavy atom. The highest BCUT2D eigenvalue weighted by molar-refractivity contribution is 5.40. The second-order valence-corrected chi connectivity index (χ2v) is 4.06. The Balaban J connectivity index is 3.08. The van der Waals surface area contributed by atoms with Crippen LogP contribution in [-0.2, 0) is 12.0 Å². The number of nitrogens with zero attached hydrogens (tertiary/aromatic N) is 2. The van der Waals surface area contributed by atoms with Gasteiger partial charge in [-0.05, 0) is 0 Å². The molecule has 1 heterocycles. The summed E-state index contributed by atoms with van der Waals surface area (Å²) in [7, 11) is 0. The number of aromatic nitrogens is 2. The summed E-state index contributed by atoms with van der Waals surface area (Å²) in [6.45, 7) is 6.71. The Labute approximate surface area is 79.0 Å². The van der Waals surface area contributed by atoms with Crippen LogP contribution in [0.4, 0.5) is 5.82 Å². The van der Waals surface area contributed by atoms with Crippen molar-refractivity contribution in [1.29, 1.82) is 0 Å². The summed E-state index contributed by atoms with van der Waals surface area (Å²) in [5, 5.41) is 0. The third-order valence-electron chi connectivity index (χ3n) is 1.85. The first-order chi connectivity index (χ1) is 5.96. The molecule has 1 aromatic rings. The smallest absolute Gasteiger partial charge is 0.127 e. The highest BCUT2D eigenvalue weighted by Crippen LogP contribution is 2.25. The van der Waals surface area contributed by atoms with Gasteiger partial charge < -0.3 is 10.3 Å². The molecule has 0 saturated carbocycles. The minimum atomic E-state index is -0.0239. The minimum absolute atomic E-state index is 0.0239. The molecule has 0 spiro atoms. The van der Waals surface area contributed by atoms with E-state index in [-0.39, 0.29) is 5.41 Å². The van der Waals surface area contributed by atoms with Crippen LogP contribution in [0.1, 0.15) is 26.5 Å². The van der Waals surface area contributed by atoms with Crippen molar-refractivity contribution in [1.82, 2.24) is 9.55 Å². The van der Waals surface area contributed by atoms with E-state index < -0.39 is 0 Å². The molecule has 70 valence electrons. The normalized spacial score (nSPS) is 11.2. The Bertz CT molecular complexity index is 336. The molecular weight excluding hydrogens is 162 g/mol. The van der Waals surface area contributed by atoms with Gasteiger partial charge >= 0.3 is 0 Å². The van der Waals surface area contributed by atoms with Crippen LogP contribution in [0, 0.1) is 12.3 Å². The molecule has 1 rings (SSSR count). The summed E-state index contributed by atoms with van der Waals surface area (Å²) in [5.41, 5.74) is 6.76. The summed E-state index contributed by atoms with van der Waals surface area (Å²) in [6, 6.07) is 0. The number of hydrogen-bond donors (Lipinski definition) is 1. The first kappa shape index (κ1) is 9.66. The number of hydrogen-bond acceptors (Lipinski definition) is 2. The average Bonchev–Trinajstić information content (AvgIpc) is 2.32. The van der Waals surface area contributed by atoms with Crippen LogP contribution in [0.25, 0.3) is 0 Å². The molecule has 0 aliphatic rings. The van der Waals surface area contributed by atoms with Crippen molar-refractivity contribution < 1.29 is 0 Å². The summed E-state index contributed by atoms with van der Waals surface area (Å²) in [6.07, 6.45) is 6.88. The van der Waals surface area contributed by atoms with E-state index >= 15 is 0 Å². The van der Waals surface area contributed by atoms with Gasteiger partial charge in [0, 0.05) is 5.41 Å². The largest absolute Gasteiger partial charge is 0.384 e. The van der Waals surface area contributed by atoms with Gasteiger partial charge in [0.05, 0.1) is 18.6 Å². The summed E-state index contributed by atoms with van der Waals surface area (Å²) < 4.78 is 1.78. The molecule has 0 bridgehead atoms. The monoisotopic (exact) mass is 177 g/mol. The van der Waals surface area contributed by atoms with Crippen molar-refractivity contribution in [3.8, 4) is 12.3 Å². The van der Waals surface area contributed by atoms with Crippen LogP contribution in [-0.4, -0.2) is 9.55 Å². The van der Waals surface area contributed by atoms with Gasteiger partial charge in [-0.2, -0.15) is 0 Å². The van der Waals surface area contributed by atoms with Gasteiger partial charge in [-0.3, -0.25) is 0 Å². The molecule has 0 saturated heterocycles. The molecule has 0 aliphatic heterocycles. The fourth-order valence-corrected chi connectivity index (χ4v) is 1.19. The third kappa shape index (κ3) is 1.83. The number of rotatable bonds is 1. The van der Waals surface area contributed by atoms with Crippen molar-refractivity contribution >= 4 is 5.82 Å². The second-order valence-electron chi connectivity index (χ2n) is 4.06. The van der Waals surface area contributed by atoms with Gasteiger partial charge in [-0.15, -0.1) is 6.42 Å². The lowest BCUT2D eigenvalue weighted by atomic mass is 9.92. The maximum absolute atomic E-state index is 5.88. The summed E-state index contributed by atoms with van der Waals surface area (Å²) >= 11 is 0. The fourth-order valence-electron chi connectivity index (χ4n) is 1.19. The number of anilines is 1. The Hall–Kier alpha value is -1.43. The Kier molecular flexibility index (Phi) is 2.33. The second kappa shape index (κ2) is 3.14. The molecule has 3 heteroatoms. The quantitative estimate of drug-likeness (QED) is 0.659. The lowest BCUT2D eigenvalue weighted by Gasteiger charge is -2.16. The molecule has 0 fully saturated rings. The van der Waals surface area contributed by atoms with Crippen LogP contribution < -0.4 is 5.73 Å². The van der Waals surface area contributed by atoms with Crippen molar-refractivity contribution in [2.45, 2.75) is 32.7 Å².